The Labute approximate surface area is 122 Å². The van der Waals surface area contributed by atoms with E-state index in [9.17, 15) is 4.79 Å². The summed E-state index contributed by atoms with van der Waals surface area (Å²) in [5, 5.41) is 0. The van der Waals surface area contributed by atoms with E-state index in [1.165, 1.54) is 12.8 Å². The summed E-state index contributed by atoms with van der Waals surface area (Å²) in [5.74, 6) is 0.286. The van der Waals surface area contributed by atoms with Gasteiger partial charge in [-0.2, -0.15) is 0 Å². The Balaban J connectivity index is 2.05. The summed E-state index contributed by atoms with van der Waals surface area (Å²) in [6, 6.07) is 0.419. The van der Waals surface area contributed by atoms with E-state index in [-0.39, 0.29) is 5.78 Å². The zero-order valence-corrected chi connectivity index (χ0v) is 12.9. The summed E-state index contributed by atoms with van der Waals surface area (Å²) in [5.41, 5.74) is 0. The molecule has 0 aliphatic carbocycles. The number of rotatable bonds is 11. The quantitative estimate of drug-likeness (QED) is 0.539. The third-order valence-corrected chi connectivity index (χ3v) is 3.60. The molecule has 0 bridgehead atoms. The summed E-state index contributed by atoms with van der Waals surface area (Å²) < 4.78 is 15.8. The first-order valence-electron chi connectivity index (χ1n) is 7.62. The third-order valence-electron chi connectivity index (χ3n) is 3.60. The van der Waals surface area contributed by atoms with E-state index in [1.807, 2.05) is 0 Å². The Morgan fingerprint density at radius 2 is 1.80 bits per heavy atom. The van der Waals surface area contributed by atoms with Crippen LogP contribution in [-0.2, 0) is 19.0 Å². The van der Waals surface area contributed by atoms with E-state index in [4.69, 9.17) is 14.2 Å². The summed E-state index contributed by atoms with van der Waals surface area (Å²) in [4.78, 5) is 13.7. The van der Waals surface area contributed by atoms with Crippen molar-refractivity contribution < 1.29 is 19.0 Å². The molecule has 118 valence electrons. The molecule has 0 amide bonds. The maximum atomic E-state index is 11.3. The molecule has 0 spiro atoms. The Morgan fingerprint density at radius 3 is 2.50 bits per heavy atom. The molecule has 0 aromatic heterocycles. The van der Waals surface area contributed by atoms with Gasteiger partial charge in [0.1, 0.15) is 5.78 Å². The topological polar surface area (TPSA) is 48.0 Å². The second-order valence-corrected chi connectivity index (χ2v) is 5.31. The van der Waals surface area contributed by atoms with E-state index in [0.29, 0.717) is 45.5 Å². The number of likely N-dealkylation sites (tertiary alicyclic amines) is 1. The van der Waals surface area contributed by atoms with Crippen LogP contribution in [0.4, 0.5) is 0 Å². The van der Waals surface area contributed by atoms with Crippen molar-refractivity contribution in [2.75, 3.05) is 53.2 Å². The number of ketones is 1. The van der Waals surface area contributed by atoms with Gasteiger partial charge in [-0.15, -0.1) is 0 Å². The van der Waals surface area contributed by atoms with Gasteiger partial charge < -0.3 is 14.2 Å². The fraction of sp³-hybridized carbons (Fsp3) is 0.933. The number of carbonyl (C=O) groups is 1. The molecule has 0 saturated carbocycles. The van der Waals surface area contributed by atoms with Crippen LogP contribution in [-0.4, -0.2) is 70.0 Å². The number of hydrogen-bond acceptors (Lipinski definition) is 5. The first-order chi connectivity index (χ1) is 9.74. The second kappa shape index (κ2) is 11.2. The Kier molecular flexibility index (Phi) is 9.83. The van der Waals surface area contributed by atoms with E-state index in [1.54, 1.807) is 14.0 Å². The van der Waals surface area contributed by atoms with Crippen LogP contribution < -0.4 is 0 Å². The van der Waals surface area contributed by atoms with Crippen LogP contribution in [0.15, 0.2) is 0 Å². The van der Waals surface area contributed by atoms with Crippen molar-refractivity contribution in [3.8, 4) is 0 Å². The molecular weight excluding hydrogens is 258 g/mol. The smallest absolute Gasteiger partial charge is 0.131 e. The van der Waals surface area contributed by atoms with Gasteiger partial charge in [-0.25, -0.2) is 0 Å². The number of piperidine rings is 1. The van der Waals surface area contributed by atoms with Crippen LogP contribution in [0.25, 0.3) is 0 Å². The molecule has 5 nitrogen and oxygen atoms in total. The Hall–Kier alpha value is -0.490. The fourth-order valence-electron chi connectivity index (χ4n) is 2.56. The molecule has 1 atom stereocenters. The molecular formula is C15H29NO4. The molecule has 1 unspecified atom stereocenters. The Morgan fingerprint density at radius 1 is 1.10 bits per heavy atom. The second-order valence-electron chi connectivity index (χ2n) is 5.31. The van der Waals surface area contributed by atoms with Crippen molar-refractivity contribution in [1.82, 2.24) is 4.90 Å². The number of ether oxygens (including phenoxy) is 3. The minimum Gasteiger partial charge on any atom is -0.382 e. The number of carbonyl (C=O) groups excluding carboxylic acids is 1. The summed E-state index contributed by atoms with van der Waals surface area (Å²) in [6.45, 7) is 6.87. The van der Waals surface area contributed by atoms with Crippen LogP contribution >= 0.6 is 0 Å². The van der Waals surface area contributed by atoms with E-state index in [0.717, 1.165) is 19.5 Å². The van der Waals surface area contributed by atoms with Crippen LogP contribution in [0.1, 0.15) is 32.6 Å². The molecule has 0 radical (unpaired) electrons. The van der Waals surface area contributed by atoms with Gasteiger partial charge in [0.05, 0.1) is 33.0 Å². The van der Waals surface area contributed by atoms with Crippen molar-refractivity contribution >= 4 is 5.78 Å². The highest BCUT2D eigenvalue weighted by molar-refractivity contribution is 5.76. The molecule has 5 heteroatoms. The van der Waals surface area contributed by atoms with E-state index in [2.05, 4.69) is 4.90 Å². The zero-order valence-electron chi connectivity index (χ0n) is 12.9. The van der Waals surface area contributed by atoms with Gasteiger partial charge in [0.2, 0.25) is 0 Å². The van der Waals surface area contributed by atoms with Crippen LogP contribution in [0, 0.1) is 0 Å². The molecule has 0 aromatic rings. The van der Waals surface area contributed by atoms with Crippen LogP contribution in [0.2, 0.25) is 0 Å². The third kappa shape index (κ3) is 7.94. The zero-order chi connectivity index (χ0) is 14.6. The predicted molar refractivity (Wildman–Crippen MR) is 78.0 cm³/mol. The lowest BCUT2D eigenvalue weighted by Crippen LogP contribution is -2.42. The maximum absolute atomic E-state index is 11.3. The summed E-state index contributed by atoms with van der Waals surface area (Å²) in [6.07, 6.45) is 4.29. The van der Waals surface area contributed by atoms with E-state index < -0.39 is 0 Å². The summed E-state index contributed by atoms with van der Waals surface area (Å²) >= 11 is 0. The first-order valence-corrected chi connectivity index (χ1v) is 7.62. The molecule has 1 rings (SSSR count). The van der Waals surface area contributed by atoms with Gasteiger partial charge in [-0.1, -0.05) is 6.42 Å². The van der Waals surface area contributed by atoms with Crippen molar-refractivity contribution in [3.05, 3.63) is 0 Å². The highest BCUT2D eigenvalue weighted by Crippen LogP contribution is 2.19. The average molecular weight is 287 g/mol. The number of methoxy groups -OCH3 is 1. The van der Waals surface area contributed by atoms with Crippen molar-refractivity contribution in [2.24, 2.45) is 0 Å². The normalized spacial score (nSPS) is 20.2. The molecule has 1 aliphatic rings. The van der Waals surface area contributed by atoms with Gasteiger partial charge in [-0.05, 0) is 26.3 Å². The lowest BCUT2D eigenvalue weighted by Gasteiger charge is -2.35. The van der Waals surface area contributed by atoms with Crippen LogP contribution in [0.5, 0.6) is 0 Å². The molecule has 20 heavy (non-hydrogen) atoms. The maximum Gasteiger partial charge on any atom is 0.131 e. The van der Waals surface area contributed by atoms with Crippen LogP contribution in [0.3, 0.4) is 0 Å². The highest BCUT2D eigenvalue weighted by Gasteiger charge is 2.22. The fourth-order valence-corrected chi connectivity index (χ4v) is 2.56. The van der Waals surface area contributed by atoms with Gasteiger partial charge in [0.25, 0.3) is 0 Å². The number of nitrogens with zero attached hydrogens (tertiary/aromatic N) is 1. The lowest BCUT2D eigenvalue weighted by molar-refractivity contribution is -0.118. The number of hydrogen-bond donors (Lipinski definition) is 0. The summed E-state index contributed by atoms with van der Waals surface area (Å²) in [7, 11) is 1.66. The SMILES string of the molecule is COCCOCCOCCN1CCCCC1CC(C)=O. The van der Waals surface area contributed by atoms with Gasteiger partial charge in [-0.3, -0.25) is 9.69 Å². The van der Waals surface area contributed by atoms with Crippen molar-refractivity contribution in [3.63, 3.8) is 0 Å². The van der Waals surface area contributed by atoms with Gasteiger partial charge in [0, 0.05) is 26.1 Å². The molecule has 0 aromatic carbocycles. The van der Waals surface area contributed by atoms with Crippen molar-refractivity contribution in [1.29, 1.82) is 0 Å². The van der Waals surface area contributed by atoms with E-state index >= 15 is 0 Å². The largest absolute Gasteiger partial charge is 0.382 e. The van der Waals surface area contributed by atoms with Gasteiger partial charge in [0.15, 0.2) is 0 Å². The monoisotopic (exact) mass is 287 g/mol. The minimum absolute atomic E-state index is 0.286. The molecule has 1 aliphatic heterocycles. The number of Topliss-reactive ketones (excluding diaryl/α,β-unsaturated/α-hetero) is 1. The van der Waals surface area contributed by atoms with Crippen molar-refractivity contribution in [2.45, 2.75) is 38.6 Å². The molecule has 1 heterocycles. The lowest BCUT2D eigenvalue weighted by atomic mass is 9.98. The predicted octanol–water partition coefficient (Wildman–Crippen LogP) is 1.50. The highest BCUT2D eigenvalue weighted by atomic mass is 16.5. The van der Waals surface area contributed by atoms with Gasteiger partial charge >= 0.3 is 0 Å². The first kappa shape index (κ1) is 17.6. The minimum atomic E-state index is 0.286. The standard InChI is InChI=1S/C15H29NO4/c1-14(17)13-15-5-3-4-6-16(15)7-8-19-11-12-20-10-9-18-2/h15H,3-13H2,1-2H3. The molecule has 1 saturated heterocycles. The Bertz CT molecular complexity index is 260. The molecule has 0 N–H and O–H groups in total. The average Bonchev–Trinajstić information content (AvgIpc) is 2.43. The molecule has 1 fully saturated rings.